The van der Waals surface area contributed by atoms with Crippen LogP contribution in [0.25, 0.3) is 0 Å². The predicted octanol–water partition coefficient (Wildman–Crippen LogP) is 2.59. The smallest absolute Gasteiger partial charge is 0.339 e. The van der Waals surface area contributed by atoms with Crippen molar-refractivity contribution in [1.82, 2.24) is 9.97 Å². The van der Waals surface area contributed by atoms with Gasteiger partial charge in [0, 0.05) is 12.1 Å². The minimum absolute atomic E-state index is 0.0201. The van der Waals surface area contributed by atoms with Crippen molar-refractivity contribution in [2.45, 2.75) is 0 Å². The Morgan fingerprint density at radius 1 is 1.24 bits per heavy atom. The van der Waals surface area contributed by atoms with Crippen molar-refractivity contribution in [2.24, 2.45) is 0 Å². The van der Waals surface area contributed by atoms with Crippen molar-refractivity contribution in [1.29, 1.82) is 0 Å². The maximum atomic E-state index is 11.1. The van der Waals surface area contributed by atoms with Crippen LogP contribution in [0.4, 0.5) is 11.5 Å². The van der Waals surface area contributed by atoms with Crippen LogP contribution in [-0.2, 0) is 0 Å². The number of hydrogen-bond acceptors (Lipinski definition) is 6. The number of hydrogen-bond donors (Lipinski definition) is 2. The van der Waals surface area contributed by atoms with E-state index in [0.717, 1.165) is 0 Å². The first kappa shape index (κ1) is 14.9. The van der Waals surface area contributed by atoms with Crippen LogP contribution in [0.15, 0.2) is 24.5 Å². The molecule has 0 spiro atoms. The Balaban J connectivity index is 2.37. The average molecular weight is 310 g/mol. The van der Waals surface area contributed by atoms with Crippen LogP contribution >= 0.6 is 11.6 Å². The molecular weight excluding hydrogens is 298 g/mol. The molecule has 0 fully saturated rings. The number of ether oxygens (including phenoxy) is 2. The number of methoxy groups -OCH3 is 2. The van der Waals surface area contributed by atoms with Crippen molar-refractivity contribution in [3.05, 3.63) is 35.1 Å². The van der Waals surface area contributed by atoms with Crippen LogP contribution in [0.1, 0.15) is 10.4 Å². The SMILES string of the molecule is COc1cc(Nc2cc(OC)c(C(=O)O)cc2Cl)ncn1. The van der Waals surface area contributed by atoms with Gasteiger partial charge in [0.1, 0.15) is 23.5 Å². The number of carbonyl (C=O) groups is 1. The van der Waals surface area contributed by atoms with Gasteiger partial charge in [0.2, 0.25) is 5.88 Å². The quantitative estimate of drug-likeness (QED) is 0.876. The number of benzene rings is 1. The topological polar surface area (TPSA) is 93.6 Å². The van der Waals surface area contributed by atoms with Crippen molar-refractivity contribution >= 4 is 29.1 Å². The summed E-state index contributed by atoms with van der Waals surface area (Å²) in [5.74, 6) is -0.0916. The van der Waals surface area contributed by atoms with Crippen LogP contribution in [0, 0.1) is 0 Å². The number of aromatic carboxylic acids is 1. The monoisotopic (exact) mass is 309 g/mol. The molecule has 110 valence electrons. The van der Waals surface area contributed by atoms with Crippen molar-refractivity contribution in [3.8, 4) is 11.6 Å². The lowest BCUT2D eigenvalue weighted by molar-refractivity contribution is 0.0693. The molecule has 0 aliphatic carbocycles. The Morgan fingerprint density at radius 3 is 2.62 bits per heavy atom. The third-order valence-electron chi connectivity index (χ3n) is 2.63. The molecule has 2 rings (SSSR count). The predicted molar refractivity (Wildman–Crippen MR) is 76.8 cm³/mol. The van der Waals surface area contributed by atoms with E-state index in [1.165, 1.54) is 32.7 Å². The van der Waals surface area contributed by atoms with Crippen molar-refractivity contribution < 1.29 is 19.4 Å². The average Bonchev–Trinajstić information content (AvgIpc) is 2.49. The molecule has 2 aromatic rings. The lowest BCUT2D eigenvalue weighted by Crippen LogP contribution is -2.03. The first-order valence-electron chi connectivity index (χ1n) is 5.79. The minimum atomic E-state index is -1.12. The van der Waals surface area contributed by atoms with Gasteiger partial charge in [0.15, 0.2) is 0 Å². The molecule has 1 heterocycles. The highest BCUT2D eigenvalue weighted by atomic mass is 35.5. The van der Waals surface area contributed by atoms with Crippen LogP contribution in [0.3, 0.4) is 0 Å². The molecule has 0 aliphatic rings. The van der Waals surface area contributed by atoms with Gasteiger partial charge in [0.05, 0.1) is 24.9 Å². The number of rotatable bonds is 5. The van der Waals surface area contributed by atoms with Gasteiger partial charge in [-0.05, 0) is 6.07 Å². The molecule has 0 bridgehead atoms. The first-order valence-corrected chi connectivity index (χ1v) is 6.17. The van der Waals surface area contributed by atoms with E-state index < -0.39 is 5.97 Å². The Hall–Kier alpha value is -2.54. The van der Waals surface area contributed by atoms with Crippen LogP contribution < -0.4 is 14.8 Å². The summed E-state index contributed by atoms with van der Waals surface area (Å²) < 4.78 is 10.0. The second-order valence-electron chi connectivity index (χ2n) is 3.91. The summed E-state index contributed by atoms with van der Waals surface area (Å²) in [6.07, 6.45) is 1.33. The zero-order valence-electron chi connectivity index (χ0n) is 11.3. The molecule has 1 aromatic carbocycles. The standard InChI is InChI=1S/C13H12ClN3O4/c1-20-10-4-9(8(14)3-7(10)13(18)19)17-11-5-12(21-2)16-6-15-11/h3-6H,1-2H3,(H,18,19)(H,15,16,17). The summed E-state index contributed by atoms with van der Waals surface area (Å²) >= 11 is 6.07. The summed E-state index contributed by atoms with van der Waals surface area (Å²) in [6.45, 7) is 0. The molecule has 1 aromatic heterocycles. The number of carboxylic acid groups (broad SMARTS) is 1. The molecule has 7 nitrogen and oxygen atoms in total. The van der Waals surface area contributed by atoms with Gasteiger partial charge < -0.3 is 19.9 Å². The molecule has 0 aliphatic heterocycles. The summed E-state index contributed by atoms with van der Waals surface area (Å²) in [5, 5.41) is 12.3. The fourth-order valence-corrected chi connectivity index (χ4v) is 1.85. The lowest BCUT2D eigenvalue weighted by atomic mass is 10.2. The Kier molecular flexibility index (Phi) is 4.44. The third kappa shape index (κ3) is 3.32. The Morgan fingerprint density at radius 2 is 2.00 bits per heavy atom. The lowest BCUT2D eigenvalue weighted by Gasteiger charge is -2.12. The number of aromatic nitrogens is 2. The van der Waals surface area contributed by atoms with Gasteiger partial charge in [-0.3, -0.25) is 0 Å². The fourth-order valence-electron chi connectivity index (χ4n) is 1.64. The van der Waals surface area contributed by atoms with E-state index in [4.69, 9.17) is 26.2 Å². The molecule has 0 unspecified atom stereocenters. The van der Waals surface area contributed by atoms with Crippen LogP contribution in [0.2, 0.25) is 5.02 Å². The van der Waals surface area contributed by atoms with Gasteiger partial charge >= 0.3 is 5.97 Å². The number of carboxylic acids is 1. The largest absolute Gasteiger partial charge is 0.496 e. The van der Waals surface area contributed by atoms with E-state index in [1.54, 1.807) is 6.07 Å². The van der Waals surface area contributed by atoms with Gasteiger partial charge in [-0.2, -0.15) is 0 Å². The molecule has 21 heavy (non-hydrogen) atoms. The molecule has 8 heteroatoms. The number of nitrogens with one attached hydrogen (secondary N) is 1. The molecule has 0 radical (unpaired) electrons. The normalized spacial score (nSPS) is 10.0. The second kappa shape index (κ2) is 6.27. The zero-order chi connectivity index (χ0) is 15.4. The maximum Gasteiger partial charge on any atom is 0.339 e. The minimum Gasteiger partial charge on any atom is -0.496 e. The van der Waals surface area contributed by atoms with E-state index in [0.29, 0.717) is 17.4 Å². The first-order chi connectivity index (χ1) is 10.0. The van der Waals surface area contributed by atoms with Crippen LogP contribution in [-0.4, -0.2) is 35.3 Å². The number of anilines is 2. The molecule has 0 saturated heterocycles. The maximum absolute atomic E-state index is 11.1. The van der Waals surface area contributed by atoms with Gasteiger partial charge in [-0.1, -0.05) is 11.6 Å². The molecule has 2 N–H and O–H groups in total. The van der Waals surface area contributed by atoms with Crippen molar-refractivity contribution in [3.63, 3.8) is 0 Å². The zero-order valence-corrected chi connectivity index (χ0v) is 12.0. The van der Waals surface area contributed by atoms with E-state index in [2.05, 4.69) is 15.3 Å². The molecule has 0 atom stereocenters. The summed E-state index contributed by atoms with van der Waals surface area (Å²) in [5.41, 5.74) is 0.438. The number of nitrogens with zero attached hydrogens (tertiary/aromatic N) is 2. The van der Waals surface area contributed by atoms with E-state index in [1.807, 2.05) is 0 Å². The fraction of sp³-hybridized carbons (Fsp3) is 0.154. The van der Waals surface area contributed by atoms with Gasteiger partial charge in [-0.25, -0.2) is 14.8 Å². The Bertz CT molecular complexity index is 678. The van der Waals surface area contributed by atoms with Crippen molar-refractivity contribution in [2.75, 3.05) is 19.5 Å². The van der Waals surface area contributed by atoms with E-state index in [9.17, 15) is 4.79 Å². The summed E-state index contributed by atoms with van der Waals surface area (Å²) in [4.78, 5) is 19.0. The van der Waals surface area contributed by atoms with E-state index in [-0.39, 0.29) is 16.3 Å². The highest BCUT2D eigenvalue weighted by Crippen LogP contribution is 2.32. The highest BCUT2D eigenvalue weighted by Gasteiger charge is 2.15. The van der Waals surface area contributed by atoms with Gasteiger partial charge in [-0.15, -0.1) is 0 Å². The highest BCUT2D eigenvalue weighted by molar-refractivity contribution is 6.33. The molecule has 0 saturated carbocycles. The number of halogens is 1. The molecule has 0 amide bonds. The second-order valence-corrected chi connectivity index (χ2v) is 4.32. The Labute approximate surface area is 125 Å². The third-order valence-corrected chi connectivity index (χ3v) is 2.95. The summed E-state index contributed by atoms with van der Waals surface area (Å²) in [6, 6.07) is 4.37. The van der Waals surface area contributed by atoms with Crippen LogP contribution in [0.5, 0.6) is 11.6 Å². The van der Waals surface area contributed by atoms with Gasteiger partial charge in [0.25, 0.3) is 0 Å². The van der Waals surface area contributed by atoms with E-state index >= 15 is 0 Å². The summed E-state index contributed by atoms with van der Waals surface area (Å²) in [7, 11) is 2.87. The molecular formula is C13H12ClN3O4.